The van der Waals surface area contributed by atoms with Crippen molar-refractivity contribution in [3.05, 3.63) is 30.3 Å². The summed E-state index contributed by atoms with van der Waals surface area (Å²) in [7, 11) is -3.43. The van der Waals surface area contributed by atoms with Crippen molar-refractivity contribution in [2.75, 3.05) is 17.6 Å². The van der Waals surface area contributed by atoms with Crippen LogP contribution < -0.4 is 11.1 Å². The van der Waals surface area contributed by atoms with Gasteiger partial charge in [-0.2, -0.15) is 0 Å². The Labute approximate surface area is 107 Å². The molecule has 0 aliphatic heterocycles. The Hall–Kier alpha value is -1.40. The quantitative estimate of drug-likeness (QED) is 0.799. The van der Waals surface area contributed by atoms with Gasteiger partial charge >= 0.3 is 0 Å². The minimum absolute atomic E-state index is 0.0626. The number of anilines is 1. The zero-order valence-corrected chi connectivity index (χ0v) is 11.1. The van der Waals surface area contributed by atoms with E-state index in [9.17, 15) is 13.2 Å². The van der Waals surface area contributed by atoms with E-state index < -0.39 is 21.0 Å². The molecule has 0 radical (unpaired) electrons. The Kier molecular flexibility index (Phi) is 5.30. The SMILES string of the molecule is CC(C(=O)Nc1ccccc1)S(=O)(=O)CCCN. The highest BCUT2D eigenvalue weighted by Gasteiger charge is 2.27. The molecule has 0 saturated carbocycles. The third-order valence-corrected chi connectivity index (χ3v) is 4.73. The summed E-state index contributed by atoms with van der Waals surface area (Å²) in [4.78, 5) is 11.8. The van der Waals surface area contributed by atoms with Crippen LogP contribution in [-0.2, 0) is 14.6 Å². The maximum Gasteiger partial charge on any atom is 0.242 e. The molecule has 0 aliphatic rings. The van der Waals surface area contributed by atoms with Gasteiger partial charge in [0.25, 0.3) is 0 Å². The lowest BCUT2D eigenvalue weighted by Gasteiger charge is -2.12. The Morgan fingerprint density at radius 2 is 1.94 bits per heavy atom. The van der Waals surface area contributed by atoms with Crippen LogP contribution in [0, 0.1) is 0 Å². The number of nitrogens with one attached hydrogen (secondary N) is 1. The van der Waals surface area contributed by atoms with Crippen LogP contribution in [0.25, 0.3) is 0 Å². The molecule has 1 amide bonds. The largest absolute Gasteiger partial charge is 0.330 e. The maximum atomic E-state index is 11.8. The zero-order valence-electron chi connectivity index (χ0n) is 10.3. The van der Waals surface area contributed by atoms with Crippen molar-refractivity contribution < 1.29 is 13.2 Å². The predicted octanol–water partition coefficient (Wildman–Crippen LogP) is 0.777. The summed E-state index contributed by atoms with van der Waals surface area (Å²) in [5.41, 5.74) is 5.86. The summed E-state index contributed by atoms with van der Waals surface area (Å²) in [5, 5.41) is 1.51. The summed E-state index contributed by atoms with van der Waals surface area (Å²) in [6.07, 6.45) is 0.366. The van der Waals surface area contributed by atoms with Crippen LogP contribution in [0.5, 0.6) is 0 Å². The Bertz CT molecular complexity index is 485. The fraction of sp³-hybridized carbons (Fsp3) is 0.417. The normalized spacial score (nSPS) is 13.0. The van der Waals surface area contributed by atoms with E-state index in [4.69, 9.17) is 5.73 Å². The van der Waals surface area contributed by atoms with Gasteiger partial charge in [0.2, 0.25) is 5.91 Å². The van der Waals surface area contributed by atoms with Gasteiger partial charge in [-0.1, -0.05) is 18.2 Å². The van der Waals surface area contributed by atoms with E-state index in [0.29, 0.717) is 18.7 Å². The second-order valence-electron chi connectivity index (χ2n) is 4.01. The number of sulfone groups is 1. The Balaban J connectivity index is 2.67. The molecule has 0 saturated heterocycles. The number of carbonyl (C=O) groups is 1. The van der Waals surface area contributed by atoms with Crippen LogP contribution in [0.2, 0.25) is 0 Å². The van der Waals surface area contributed by atoms with Crippen LogP contribution in [-0.4, -0.2) is 31.9 Å². The first-order valence-corrected chi connectivity index (χ1v) is 7.46. The van der Waals surface area contributed by atoms with Gasteiger partial charge in [0.15, 0.2) is 9.84 Å². The van der Waals surface area contributed by atoms with Gasteiger partial charge in [0.1, 0.15) is 5.25 Å². The molecule has 1 aromatic carbocycles. The highest BCUT2D eigenvalue weighted by atomic mass is 32.2. The first-order valence-electron chi connectivity index (χ1n) is 5.75. The highest BCUT2D eigenvalue weighted by molar-refractivity contribution is 7.92. The number of nitrogens with two attached hydrogens (primary N) is 1. The summed E-state index contributed by atoms with van der Waals surface area (Å²) in [5.74, 6) is -0.578. The number of hydrogen-bond acceptors (Lipinski definition) is 4. The van der Waals surface area contributed by atoms with Crippen molar-refractivity contribution in [1.82, 2.24) is 0 Å². The van der Waals surface area contributed by atoms with Gasteiger partial charge in [0.05, 0.1) is 5.75 Å². The second-order valence-corrected chi connectivity index (χ2v) is 6.45. The fourth-order valence-electron chi connectivity index (χ4n) is 1.39. The van der Waals surface area contributed by atoms with Crippen LogP contribution in [0.3, 0.4) is 0 Å². The van der Waals surface area contributed by atoms with Crippen LogP contribution in [0.4, 0.5) is 5.69 Å². The third kappa shape index (κ3) is 4.12. The topological polar surface area (TPSA) is 89.3 Å². The van der Waals surface area contributed by atoms with E-state index >= 15 is 0 Å². The molecule has 1 aromatic rings. The van der Waals surface area contributed by atoms with E-state index in [0.717, 1.165) is 0 Å². The summed E-state index contributed by atoms with van der Waals surface area (Å²) >= 11 is 0. The first-order chi connectivity index (χ1) is 8.47. The molecule has 18 heavy (non-hydrogen) atoms. The van der Waals surface area contributed by atoms with Gasteiger partial charge in [-0.25, -0.2) is 8.42 Å². The van der Waals surface area contributed by atoms with Crippen molar-refractivity contribution in [2.45, 2.75) is 18.6 Å². The monoisotopic (exact) mass is 270 g/mol. The van der Waals surface area contributed by atoms with Crippen molar-refractivity contribution in [2.24, 2.45) is 5.73 Å². The van der Waals surface area contributed by atoms with Crippen molar-refractivity contribution >= 4 is 21.4 Å². The molecule has 0 bridgehead atoms. The summed E-state index contributed by atoms with van der Waals surface area (Å²) in [6.45, 7) is 1.69. The molecule has 0 heterocycles. The first kappa shape index (κ1) is 14.7. The van der Waals surface area contributed by atoms with Crippen LogP contribution in [0.1, 0.15) is 13.3 Å². The fourth-order valence-corrected chi connectivity index (χ4v) is 2.70. The van der Waals surface area contributed by atoms with E-state index in [-0.39, 0.29) is 5.75 Å². The number of rotatable bonds is 6. The summed E-state index contributed by atoms with van der Waals surface area (Å²) in [6, 6.07) is 8.76. The minimum Gasteiger partial charge on any atom is -0.330 e. The van der Waals surface area contributed by atoms with Crippen LogP contribution >= 0.6 is 0 Å². The standard InChI is InChI=1S/C12H18N2O3S/c1-10(18(16,17)9-5-8-13)12(15)14-11-6-3-2-4-7-11/h2-4,6-7,10H,5,8-9,13H2,1H3,(H,14,15). The predicted molar refractivity (Wildman–Crippen MR) is 72.0 cm³/mol. The third-order valence-electron chi connectivity index (χ3n) is 2.58. The molecule has 1 rings (SSSR count). The Morgan fingerprint density at radius 3 is 2.50 bits per heavy atom. The molecule has 100 valence electrons. The average Bonchev–Trinajstić information content (AvgIpc) is 2.36. The number of benzene rings is 1. The maximum absolute atomic E-state index is 11.8. The molecule has 1 atom stereocenters. The molecule has 0 spiro atoms. The van der Waals surface area contributed by atoms with Crippen molar-refractivity contribution in [3.63, 3.8) is 0 Å². The average molecular weight is 270 g/mol. The van der Waals surface area contributed by atoms with Gasteiger partial charge in [-0.15, -0.1) is 0 Å². The second kappa shape index (κ2) is 6.51. The van der Waals surface area contributed by atoms with Crippen LogP contribution in [0.15, 0.2) is 30.3 Å². The molecule has 1 unspecified atom stereocenters. The van der Waals surface area contributed by atoms with Gasteiger partial charge in [-0.3, -0.25) is 4.79 Å². The molecular formula is C12H18N2O3S. The number of carbonyl (C=O) groups excluding carboxylic acids is 1. The number of para-hydroxylation sites is 1. The van der Waals surface area contributed by atoms with Gasteiger partial charge in [-0.05, 0) is 32.0 Å². The Morgan fingerprint density at radius 1 is 1.33 bits per heavy atom. The van der Waals surface area contributed by atoms with Crippen molar-refractivity contribution in [1.29, 1.82) is 0 Å². The lowest BCUT2D eigenvalue weighted by molar-refractivity contribution is -0.115. The number of hydrogen-bond donors (Lipinski definition) is 2. The molecule has 3 N–H and O–H groups in total. The molecule has 0 aliphatic carbocycles. The number of amides is 1. The van der Waals surface area contributed by atoms with E-state index in [1.165, 1.54) is 6.92 Å². The molecule has 0 fully saturated rings. The molecule has 0 aromatic heterocycles. The zero-order chi connectivity index (χ0) is 13.6. The lowest BCUT2D eigenvalue weighted by atomic mass is 10.3. The smallest absolute Gasteiger partial charge is 0.242 e. The van der Waals surface area contributed by atoms with E-state index in [2.05, 4.69) is 5.32 Å². The molecule has 6 heteroatoms. The summed E-state index contributed by atoms with van der Waals surface area (Å²) < 4.78 is 23.6. The minimum atomic E-state index is -3.43. The van der Waals surface area contributed by atoms with E-state index in [1.807, 2.05) is 6.07 Å². The lowest BCUT2D eigenvalue weighted by Crippen LogP contribution is -2.34. The van der Waals surface area contributed by atoms with Gasteiger partial charge in [0, 0.05) is 5.69 Å². The van der Waals surface area contributed by atoms with Crippen molar-refractivity contribution in [3.8, 4) is 0 Å². The molecular weight excluding hydrogens is 252 g/mol. The highest BCUT2D eigenvalue weighted by Crippen LogP contribution is 2.10. The van der Waals surface area contributed by atoms with E-state index in [1.54, 1.807) is 24.3 Å². The van der Waals surface area contributed by atoms with Gasteiger partial charge < -0.3 is 11.1 Å². The molecule has 5 nitrogen and oxygen atoms in total.